The van der Waals surface area contributed by atoms with Gasteiger partial charge in [-0.2, -0.15) is 5.10 Å². The molecule has 5 rings (SSSR count). The third-order valence-corrected chi connectivity index (χ3v) is 6.69. The maximum absolute atomic E-state index is 13.9. The molecule has 0 aliphatic carbocycles. The van der Waals surface area contributed by atoms with Crippen molar-refractivity contribution in [1.29, 1.82) is 0 Å². The van der Waals surface area contributed by atoms with Crippen LogP contribution in [-0.4, -0.2) is 58.5 Å². The summed E-state index contributed by atoms with van der Waals surface area (Å²) in [6, 6.07) is 15.0. The van der Waals surface area contributed by atoms with E-state index in [0.29, 0.717) is 60.6 Å². The molecule has 202 valence electrons. The fourth-order valence-corrected chi connectivity index (χ4v) is 4.62. The molecule has 2 aromatic heterocycles. The Bertz CT molecular complexity index is 1510. The number of hydrogen-bond acceptors (Lipinski definition) is 8. The summed E-state index contributed by atoms with van der Waals surface area (Å²) in [4.78, 5) is 31.8. The molecule has 1 aliphatic heterocycles. The van der Waals surface area contributed by atoms with Crippen molar-refractivity contribution in [2.45, 2.75) is 26.1 Å². The first-order valence-corrected chi connectivity index (χ1v) is 12.5. The Morgan fingerprint density at radius 3 is 2.33 bits per heavy atom. The van der Waals surface area contributed by atoms with E-state index in [1.807, 2.05) is 36.4 Å². The second kappa shape index (κ2) is 11.3. The summed E-state index contributed by atoms with van der Waals surface area (Å²) < 4.78 is 19.4. The van der Waals surface area contributed by atoms with Gasteiger partial charge < -0.3 is 24.4 Å². The van der Waals surface area contributed by atoms with Crippen LogP contribution in [0.2, 0.25) is 0 Å². The van der Waals surface area contributed by atoms with Crippen molar-refractivity contribution < 1.29 is 19.0 Å². The minimum atomic E-state index is -0.187. The summed E-state index contributed by atoms with van der Waals surface area (Å²) in [6.07, 6.45) is 2.87. The molecule has 0 fully saturated rings. The number of rotatable bonds is 10. The average molecular weight is 531 g/mol. The summed E-state index contributed by atoms with van der Waals surface area (Å²) in [6.45, 7) is 1.55. The maximum Gasteiger partial charge on any atom is 0.264 e. The normalized spacial score (nSPS) is 12.5. The Balaban J connectivity index is 1.55. The van der Waals surface area contributed by atoms with Crippen molar-refractivity contribution in [3.05, 3.63) is 87.5 Å². The lowest BCUT2D eigenvalue weighted by atomic mass is 10.1. The Morgan fingerprint density at radius 2 is 1.67 bits per heavy atom. The van der Waals surface area contributed by atoms with Gasteiger partial charge in [0.25, 0.3) is 5.56 Å². The zero-order chi connectivity index (χ0) is 27.4. The van der Waals surface area contributed by atoms with Gasteiger partial charge in [-0.1, -0.05) is 12.1 Å². The van der Waals surface area contributed by atoms with E-state index in [4.69, 9.17) is 19.2 Å². The van der Waals surface area contributed by atoms with Gasteiger partial charge in [0.2, 0.25) is 12.4 Å². The fourth-order valence-electron chi connectivity index (χ4n) is 4.62. The van der Waals surface area contributed by atoms with Crippen LogP contribution in [0.25, 0.3) is 5.82 Å². The van der Waals surface area contributed by atoms with Gasteiger partial charge >= 0.3 is 0 Å². The predicted octanol–water partition coefficient (Wildman–Crippen LogP) is 2.63. The lowest BCUT2D eigenvalue weighted by Gasteiger charge is -2.26. The maximum atomic E-state index is 13.9. The first-order chi connectivity index (χ1) is 19.0. The number of aromatic nitrogens is 4. The highest BCUT2D eigenvalue weighted by Gasteiger charge is 2.24. The molecule has 4 aromatic rings. The second-order valence-corrected chi connectivity index (χ2v) is 9.10. The van der Waals surface area contributed by atoms with Crippen LogP contribution < -0.4 is 25.1 Å². The number of anilines is 1. The van der Waals surface area contributed by atoms with Crippen LogP contribution >= 0.6 is 0 Å². The third-order valence-electron chi connectivity index (χ3n) is 6.69. The van der Waals surface area contributed by atoms with E-state index < -0.39 is 0 Å². The van der Waals surface area contributed by atoms with Gasteiger partial charge in [-0.3, -0.25) is 9.59 Å². The summed E-state index contributed by atoms with van der Waals surface area (Å²) >= 11 is 0. The van der Waals surface area contributed by atoms with Gasteiger partial charge in [-0.15, -0.1) is 0 Å². The van der Waals surface area contributed by atoms with Crippen LogP contribution in [0.3, 0.4) is 0 Å². The SMILES string of the molecule is COc1ccc(CNc2nc3c(c(=O)n2-c2ccnn2Cc2cc(OC)cc(OC)c2)CCN(C=O)C3)cc1. The number of benzene rings is 2. The molecule has 0 unspecified atom stereocenters. The highest BCUT2D eigenvalue weighted by atomic mass is 16.5. The van der Waals surface area contributed by atoms with Gasteiger partial charge in [0.1, 0.15) is 23.1 Å². The third kappa shape index (κ3) is 5.42. The van der Waals surface area contributed by atoms with Gasteiger partial charge in [-0.05, 0) is 41.8 Å². The van der Waals surface area contributed by atoms with Crippen molar-refractivity contribution in [3.8, 4) is 23.1 Å². The van der Waals surface area contributed by atoms with E-state index in [1.165, 1.54) is 0 Å². The molecular formula is C28H30N6O5. The van der Waals surface area contributed by atoms with E-state index in [-0.39, 0.29) is 12.1 Å². The predicted molar refractivity (Wildman–Crippen MR) is 145 cm³/mol. The quantitative estimate of drug-likeness (QED) is 0.312. The van der Waals surface area contributed by atoms with Crippen LogP contribution in [0, 0.1) is 0 Å². The Morgan fingerprint density at radius 1 is 0.949 bits per heavy atom. The number of ether oxygens (including phenoxy) is 3. The number of amides is 1. The van der Waals surface area contributed by atoms with Gasteiger partial charge in [-0.25, -0.2) is 14.2 Å². The topological polar surface area (TPSA) is 113 Å². The van der Waals surface area contributed by atoms with Crippen molar-refractivity contribution in [1.82, 2.24) is 24.2 Å². The molecule has 1 N–H and O–H groups in total. The first-order valence-electron chi connectivity index (χ1n) is 12.5. The molecule has 1 amide bonds. The van der Waals surface area contributed by atoms with Crippen LogP contribution in [0.1, 0.15) is 22.4 Å². The zero-order valence-electron chi connectivity index (χ0n) is 22.1. The molecule has 0 spiro atoms. The molecule has 3 heterocycles. The lowest BCUT2D eigenvalue weighted by Crippen LogP contribution is -2.38. The van der Waals surface area contributed by atoms with Crippen LogP contribution in [-0.2, 0) is 30.8 Å². The molecule has 39 heavy (non-hydrogen) atoms. The van der Waals surface area contributed by atoms with Crippen molar-refractivity contribution in [3.63, 3.8) is 0 Å². The number of carbonyl (C=O) groups excluding carboxylic acids is 1. The molecule has 0 radical (unpaired) electrons. The molecule has 11 nitrogen and oxygen atoms in total. The monoisotopic (exact) mass is 530 g/mol. The van der Waals surface area contributed by atoms with Gasteiger partial charge in [0.05, 0.1) is 46.3 Å². The van der Waals surface area contributed by atoms with Crippen molar-refractivity contribution in [2.75, 3.05) is 33.2 Å². The molecule has 0 saturated carbocycles. The smallest absolute Gasteiger partial charge is 0.264 e. The standard InChI is InChI=1S/C28H30N6O5/c1-37-21-6-4-19(5-7-21)15-29-28-31-25-17-32(18-35)11-9-24(25)27(36)34(28)26-8-10-30-33(26)16-20-12-22(38-2)14-23(13-20)39-3/h4-8,10,12-14,18H,9,11,15-17H2,1-3H3,(H,29,31). The van der Waals surface area contributed by atoms with E-state index in [0.717, 1.165) is 23.3 Å². The molecule has 0 saturated heterocycles. The molecule has 0 atom stereocenters. The second-order valence-electron chi connectivity index (χ2n) is 9.10. The molecule has 11 heteroatoms. The van der Waals surface area contributed by atoms with E-state index in [1.54, 1.807) is 53.8 Å². The van der Waals surface area contributed by atoms with Crippen molar-refractivity contribution >= 4 is 12.4 Å². The van der Waals surface area contributed by atoms with Crippen LogP contribution in [0.15, 0.2) is 59.5 Å². The number of carbonyl (C=O) groups is 1. The van der Waals surface area contributed by atoms with E-state index in [9.17, 15) is 9.59 Å². The summed E-state index contributed by atoms with van der Waals surface area (Å²) in [5.41, 5.74) is 2.88. The average Bonchev–Trinajstić information content (AvgIpc) is 3.42. The molecule has 0 bridgehead atoms. The minimum absolute atomic E-state index is 0.187. The number of nitrogens with zero attached hydrogens (tertiary/aromatic N) is 5. The number of nitrogens with one attached hydrogen (secondary N) is 1. The lowest BCUT2D eigenvalue weighted by molar-refractivity contribution is -0.119. The van der Waals surface area contributed by atoms with Crippen LogP contribution in [0.4, 0.5) is 5.95 Å². The summed E-state index contributed by atoms with van der Waals surface area (Å²) in [7, 11) is 4.82. The van der Waals surface area contributed by atoms with Crippen LogP contribution in [0.5, 0.6) is 17.2 Å². The highest BCUT2D eigenvalue weighted by Crippen LogP contribution is 2.25. The fraction of sp³-hybridized carbons (Fsp3) is 0.286. The minimum Gasteiger partial charge on any atom is -0.497 e. The van der Waals surface area contributed by atoms with E-state index in [2.05, 4.69) is 10.4 Å². The Hall–Kier alpha value is -4.80. The summed E-state index contributed by atoms with van der Waals surface area (Å²) in [5.74, 6) is 3.01. The molecular weight excluding hydrogens is 500 g/mol. The van der Waals surface area contributed by atoms with Gasteiger partial charge in [0, 0.05) is 30.8 Å². The Kier molecular flexibility index (Phi) is 7.48. The van der Waals surface area contributed by atoms with E-state index >= 15 is 0 Å². The number of methoxy groups -OCH3 is 3. The molecule has 2 aromatic carbocycles. The highest BCUT2D eigenvalue weighted by molar-refractivity contribution is 5.50. The summed E-state index contributed by atoms with van der Waals surface area (Å²) in [5, 5.41) is 7.84. The first kappa shape index (κ1) is 25.8. The number of fused-ring (bicyclic) bond motifs is 1. The zero-order valence-corrected chi connectivity index (χ0v) is 22.1. The van der Waals surface area contributed by atoms with Gasteiger partial charge in [0.15, 0.2) is 0 Å². The Labute approximate surface area is 225 Å². The largest absolute Gasteiger partial charge is 0.497 e. The van der Waals surface area contributed by atoms with Crippen molar-refractivity contribution in [2.24, 2.45) is 0 Å². The number of hydrogen-bond donors (Lipinski definition) is 1. The molecule has 1 aliphatic rings.